The van der Waals surface area contributed by atoms with Crippen molar-refractivity contribution in [1.29, 1.82) is 0 Å². The van der Waals surface area contributed by atoms with Crippen LogP contribution in [0.15, 0.2) is 0 Å². The van der Waals surface area contributed by atoms with Gasteiger partial charge in [-0.1, -0.05) is 12.8 Å². The molecule has 5 nitrogen and oxygen atoms in total. The van der Waals surface area contributed by atoms with Gasteiger partial charge in [0.25, 0.3) is 0 Å². The lowest BCUT2D eigenvalue weighted by Crippen LogP contribution is -2.35. The maximum absolute atomic E-state index is 10.9. The largest absolute Gasteiger partial charge is 0.480 e. The molecular weight excluding hydrogens is 183 g/mol. The average molecular weight is 194 g/mol. The van der Waals surface area contributed by atoms with Crippen LogP contribution in [0.1, 0.15) is 25.7 Å². The number of carbonyl (C=O) groups is 1. The Morgan fingerprint density at radius 1 is 1.25 bits per heavy atom. The molecule has 1 aliphatic carbocycles. The number of carboxylic acids is 1. The van der Waals surface area contributed by atoms with Crippen LogP contribution in [-0.2, 0) is 9.36 Å². The van der Waals surface area contributed by atoms with E-state index in [1.807, 2.05) is 0 Å². The fourth-order valence-corrected chi connectivity index (χ4v) is 2.74. The van der Waals surface area contributed by atoms with Crippen LogP contribution in [0.3, 0.4) is 0 Å². The maximum atomic E-state index is 10.9. The molecule has 6 heteroatoms. The van der Waals surface area contributed by atoms with Gasteiger partial charge in [-0.3, -0.25) is 9.36 Å². The Balaban J connectivity index is 3.03. The van der Waals surface area contributed by atoms with Crippen LogP contribution in [0.5, 0.6) is 0 Å². The third-order valence-electron chi connectivity index (χ3n) is 2.39. The molecule has 0 heterocycles. The van der Waals surface area contributed by atoms with E-state index in [9.17, 15) is 9.36 Å². The van der Waals surface area contributed by atoms with E-state index in [1.165, 1.54) is 0 Å². The normalized spacial score (nSPS) is 22.5. The van der Waals surface area contributed by atoms with E-state index >= 15 is 0 Å². The number of carboxylic acid groups (broad SMARTS) is 1. The van der Waals surface area contributed by atoms with Crippen molar-refractivity contribution in [3.63, 3.8) is 0 Å². The van der Waals surface area contributed by atoms with Crippen molar-refractivity contribution in [2.24, 2.45) is 0 Å². The number of hydrogen-bond acceptors (Lipinski definition) is 2. The molecule has 1 aliphatic rings. The standard InChI is InChI=1S/C6H11O5P/c7-5(8)6(12(9,10)11)3-1-2-4-6/h1-4H2,(H,7,8)(H2,9,10,11). The molecule has 0 amide bonds. The van der Waals surface area contributed by atoms with Crippen LogP contribution in [0.4, 0.5) is 0 Å². The minimum absolute atomic E-state index is 0.0899. The van der Waals surface area contributed by atoms with Gasteiger partial charge >= 0.3 is 13.6 Å². The topological polar surface area (TPSA) is 94.8 Å². The Morgan fingerprint density at radius 3 is 1.83 bits per heavy atom. The van der Waals surface area contributed by atoms with Gasteiger partial charge in [-0.05, 0) is 12.8 Å². The SMILES string of the molecule is O=C(O)C1(P(=O)(O)O)CCCC1. The molecule has 0 radical (unpaired) electrons. The average Bonchev–Trinajstić information content (AvgIpc) is 2.31. The summed E-state index contributed by atoms with van der Waals surface area (Å²) in [5, 5.41) is 6.92. The van der Waals surface area contributed by atoms with Crippen LogP contribution < -0.4 is 0 Å². The zero-order valence-electron chi connectivity index (χ0n) is 6.43. The van der Waals surface area contributed by atoms with Crippen LogP contribution in [-0.4, -0.2) is 26.0 Å². The van der Waals surface area contributed by atoms with Gasteiger partial charge in [-0.15, -0.1) is 0 Å². The fraction of sp³-hybridized carbons (Fsp3) is 0.833. The summed E-state index contributed by atoms with van der Waals surface area (Å²) >= 11 is 0. The fourth-order valence-electron chi connectivity index (χ4n) is 1.59. The van der Waals surface area contributed by atoms with E-state index in [2.05, 4.69) is 0 Å². The second-order valence-corrected chi connectivity index (χ2v) is 5.03. The minimum atomic E-state index is -4.50. The summed E-state index contributed by atoms with van der Waals surface area (Å²) in [5.41, 5.74) is 0. The highest BCUT2D eigenvalue weighted by Gasteiger charge is 2.55. The zero-order chi connectivity index (χ0) is 9.41. The van der Waals surface area contributed by atoms with Gasteiger partial charge in [0.15, 0.2) is 5.16 Å². The van der Waals surface area contributed by atoms with Crippen LogP contribution in [0.2, 0.25) is 0 Å². The first-order valence-corrected chi connectivity index (χ1v) is 5.30. The van der Waals surface area contributed by atoms with E-state index in [1.54, 1.807) is 0 Å². The number of hydrogen-bond donors (Lipinski definition) is 3. The Hall–Kier alpha value is -0.380. The zero-order valence-corrected chi connectivity index (χ0v) is 7.33. The van der Waals surface area contributed by atoms with Crippen molar-refractivity contribution in [2.45, 2.75) is 30.8 Å². The summed E-state index contributed by atoms with van der Waals surface area (Å²) in [6.07, 6.45) is 1.34. The second-order valence-electron chi connectivity index (χ2n) is 3.09. The highest BCUT2D eigenvalue weighted by Crippen LogP contribution is 2.58. The van der Waals surface area contributed by atoms with Gasteiger partial charge in [-0.2, -0.15) is 0 Å². The summed E-state index contributed by atoms with van der Waals surface area (Å²) < 4.78 is 10.9. The lowest BCUT2D eigenvalue weighted by molar-refractivity contribution is -0.140. The smallest absolute Gasteiger partial charge is 0.342 e. The van der Waals surface area contributed by atoms with Gasteiger partial charge in [0.05, 0.1) is 0 Å². The maximum Gasteiger partial charge on any atom is 0.342 e. The van der Waals surface area contributed by atoms with Crippen molar-refractivity contribution in [1.82, 2.24) is 0 Å². The molecule has 3 N–H and O–H groups in total. The lowest BCUT2D eigenvalue weighted by Gasteiger charge is -2.24. The van der Waals surface area contributed by atoms with E-state index in [0.29, 0.717) is 12.8 Å². The summed E-state index contributed by atoms with van der Waals surface area (Å²) in [7, 11) is -4.50. The minimum Gasteiger partial charge on any atom is -0.480 e. The van der Waals surface area contributed by atoms with Crippen molar-refractivity contribution in [3.05, 3.63) is 0 Å². The quantitative estimate of drug-likeness (QED) is 0.558. The molecule has 1 fully saturated rings. The van der Waals surface area contributed by atoms with E-state index in [4.69, 9.17) is 14.9 Å². The molecule has 0 aromatic carbocycles. The van der Waals surface area contributed by atoms with Crippen molar-refractivity contribution in [3.8, 4) is 0 Å². The van der Waals surface area contributed by atoms with Crippen molar-refractivity contribution < 1.29 is 24.3 Å². The third-order valence-corrected chi connectivity index (χ3v) is 4.14. The molecule has 0 unspecified atom stereocenters. The molecule has 70 valence electrons. The summed E-state index contributed by atoms with van der Waals surface area (Å²) in [6, 6.07) is 0. The Morgan fingerprint density at radius 2 is 1.67 bits per heavy atom. The Bertz CT molecular complexity index is 236. The predicted molar refractivity (Wildman–Crippen MR) is 40.9 cm³/mol. The van der Waals surface area contributed by atoms with Gasteiger partial charge in [-0.25, -0.2) is 0 Å². The van der Waals surface area contributed by atoms with Gasteiger partial charge in [0.1, 0.15) is 0 Å². The molecule has 0 bridgehead atoms. The predicted octanol–water partition coefficient (Wildman–Crippen LogP) is 0.561. The van der Waals surface area contributed by atoms with Crippen molar-refractivity contribution >= 4 is 13.6 Å². The Labute approximate surface area is 69.6 Å². The molecule has 1 saturated carbocycles. The van der Waals surface area contributed by atoms with Gasteiger partial charge in [0.2, 0.25) is 0 Å². The number of aliphatic carboxylic acids is 1. The first kappa shape index (κ1) is 9.71. The van der Waals surface area contributed by atoms with E-state index < -0.39 is 18.7 Å². The van der Waals surface area contributed by atoms with Crippen LogP contribution in [0.25, 0.3) is 0 Å². The van der Waals surface area contributed by atoms with Crippen molar-refractivity contribution in [2.75, 3.05) is 0 Å². The van der Waals surface area contributed by atoms with Crippen LogP contribution >= 0.6 is 7.60 Å². The van der Waals surface area contributed by atoms with Gasteiger partial charge in [0, 0.05) is 0 Å². The summed E-state index contributed by atoms with van der Waals surface area (Å²) in [4.78, 5) is 28.4. The number of rotatable bonds is 2. The third kappa shape index (κ3) is 1.28. The summed E-state index contributed by atoms with van der Waals surface area (Å²) in [6.45, 7) is 0. The molecule has 0 saturated heterocycles. The molecule has 12 heavy (non-hydrogen) atoms. The van der Waals surface area contributed by atoms with Crippen LogP contribution in [0, 0.1) is 0 Å². The molecule has 0 aliphatic heterocycles. The van der Waals surface area contributed by atoms with E-state index in [-0.39, 0.29) is 12.8 Å². The molecule has 0 spiro atoms. The molecule has 0 aromatic heterocycles. The first-order valence-electron chi connectivity index (χ1n) is 3.69. The Kier molecular flexibility index (Phi) is 2.29. The highest BCUT2D eigenvalue weighted by molar-refractivity contribution is 7.54. The molecule has 0 atom stereocenters. The van der Waals surface area contributed by atoms with Gasteiger partial charge < -0.3 is 14.9 Å². The monoisotopic (exact) mass is 194 g/mol. The molecule has 1 rings (SSSR count). The highest BCUT2D eigenvalue weighted by atomic mass is 31.2. The first-order chi connectivity index (χ1) is 5.40. The summed E-state index contributed by atoms with van der Waals surface area (Å²) in [5.74, 6) is -1.37. The lowest BCUT2D eigenvalue weighted by atomic mass is 10.1. The molecule has 0 aromatic rings. The van der Waals surface area contributed by atoms with E-state index in [0.717, 1.165) is 0 Å². The molecular formula is C6H11O5P. The second kappa shape index (κ2) is 2.83.